The van der Waals surface area contributed by atoms with Gasteiger partial charge in [-0.15, -0.1) is 0 Å². The lowest BCUT2D eigenvalue weighted by molar-refractivity contribution is -0.300. The first-order valence-corrected chi connectivity index (χ1v) is 14.0. The number of anilines is 1. The van der Waals surface area contributed by atoms with Crippen LogP contribution in [0.3, 0.4) is 0 Å². The van der Waals surface area contributed by atoms with Gasteiger partial charge in [0, 0.05) is 30.5 Å². The number of carbonyl (C=O) groups is 4. The first-order chi connectivity index (χ1) is 18.5. The Morgan fingerprint density at radius 3 is 2.23 bits per heavy atom. The average molecular weight is 547 g/mol. The third kappa shape index (κ3) is 10.6. The van der Waals surface area contributed by atoms with Crippen molar-refractivity contribution in [1.82, 2.24) is 10.6 Å². The molecule has 39 heavy (non-hydrogen) atoms. The second-order valence-corrected chi connectivity index (χ2v) is 11.0. The summed E-state index contributed by atoms with van der Waals surface area (Å²) in [6, 6.07) is 5.69. The van der Waals surface area contributed by atoms with E-state index in [1.54, 1.807) is 12.1 Å². The maximum atomic E-state index is 13.6. The monoisotopic (exact) mass is 546 g/mol. The standard InChI is InChI=1S/C29H46N4O6/c1-6-38-39-17-20-9-11-21(12-10-20)32-27(35)24(8-7-15-31-29(30)37)33-28(36)26(19(4)5)23-14-13-22(23)25(34)16-18(2)3/h9-12,18-19,22-24,26H,6-8,13-17H2,1-5H3,(H,32,35)(H,33,36)(H3,30,31,37)/t22?,23?,24-,26+/m0/s1. The molecule has 0 bridgehead atoms. The van der Waals surface area contributed by atoms with Crippen LogP contribution in [0, 0.1) is 29.6 Å². The molecule has 0 saturated heterocycles. The number of amides is 4. The number of Topliss-reactive ketones (excluding diaryl/α,β-unsaturated/α-hetero) is 1. The van der Waals surface area contributed by atoms with Crippen LogP contribution in [-0.4, -0.2) is 42.8 Å². The second kappa shape index (κ2) is 16.2. The fraction of sp³-hybridized carbons (Fsp3) is 0.655. The van der Waals surface area contributed by atoms with E-state index >= 15 is 0 Å². The van der Waals surface area contributed by atoms with Gasteiger partial charge in [0.25, 0.3) is 0 Å². The summed E-state index contributed by atoms with van der Waals surface area (Å²) in [5.74, 6) is -0.571. The summed E-state index contributed by atoms with van der Waals surface area (Å²) in [6.45, 7) is 10.9. The second-order valence-electron chi connectivity index (χ2n) is 11.0. The molecule has 0 radical (unpaired) electrons. The van der Waals surface area contributed by atoms with Crippen LogP contribution >= 0.6 is 0 Å². The number of benzene rings is 1. The quantitative estimate of drug-likeness (QED) is 0.132. The molecule has 1 fully saturated rings. The Morgan fingerprint density at radius 1 is 1.00 bits per heavy atom. The van der Waals surface area contributed by atoms with Crippen LogP contribution in [0.15, 0.2) is 24.3 Å². The maximum Gasteiger partial charge on any atom is 0.312 e. The van der Waals surface area contributed by atoms with E-state index in [0.717, 1.165) is 18.4 Å². The number of ketones is 1. The van der Waals surface area contributed by atoms with Crippen LogP contribution in [0.2, 0.25) is 0 Å². The minimum absolute atomic E-state index is 0.0105. The summed E-state index contributed by atoms with van der Waals surface area (Å²) < 4.78 is 0. The molecule has 2 rings (SSSR count). The Balaban J connectivity index is 2.10. The molecule has 4 atom stereocenters. The van der Waals surface area contributed by atoms with Crippen molar-refractivity contribution in [2.24, 2.45) is 35.3 Å². The van der Waals surface area contributed by atoms with E-state index in [1.165, 1.54) is 0 Å². The van der Waals surface area contributed by atoms with Gasteiger partial charge in [-0.05, 0) is 68.1 Å². The average Bonchev–Trinajstić information content (AvgIpc) is 2.83. The molecule has 0 aromatic heterocycles. The van der Waals surface area contributed by atoms with Crippen molar-refractivity contribution in [3.63, 3.8) is 0 Å². The molecule has 0 spiro atoms. The van der Waals surface area contributed by atoms with E-state index in [-0.39, 0.29) is 60.3 Å². The molecule has 0 aliphatic heterocycles. The third-order valence-corrected chi connectivity index (χ3v) is 7.08. The number of hydrogen-bond donors (Lipinski definition) is 4. The van der Waals surface area contributed by atoms with Crippen molar-refractivity contribution in [1.29, 1.82) is 0 Å². The Labute approximate surface area is 232 Å². The number of nitrogens with one attached hydrogen (secondary N) is 3. The van der Waals surface area contributed by atoms with E-state index in [1.807, 2.05) is 46.8 Å². The molecule has 5 N–H and O–H groups in total. The number of nitrogens with two attached hydrogens (primary N) is 1. The summed E-state index contributed by atoms with van der Waals surface area (Å²) in [6.07, 6.45) is 2.90. The SMILES string of the molecule is CCOOCc1ccc(NC(=O)[C@H](CCCNC(N)=O)NC(=O)[C@H](C(C)C)C2CCC2C(=O)CC(C)C)cc1. The molecule has 218 valence electrons. The molecule has 1 aliphatic carbocycles. The Hall–Kier alpha value is -2.98. The summed E-state index contributed by atoms with van der Waals surface area (Å²) in [5, 5.41) is 8.35. The van der Waals surface area contributed by atoms with Gasteiger partial charge in [0.05, 0.1) is 6.61 Å². The van der Waals surface area contributed by atoms with Crippen LogP contribution in [0.4, 0.5) is 10.5 Å². The van der Waals surface area contributed by atoms with E-state index in [9.17, 15) is 19.2 Å². The highest BCUT2D eigenvalue weighted by atomic mass is 17.2. The lowest BCUT2D eigenvalue weighted by Gasteiger charge is -2.42. The number of carbonyl (C=O) groups excluding carboxylic acids is 4. The first-order valence-electron chi connectivity index (χ1n) is 14.0. The zero-order chi connectivity index (χ0) is 28.9. The van der Waals surface area contributed by atoms with Crippen LogP contribution in [0.1, 0.15) is 72.3 Å². The number of rotatable bonds is 17. The predicted octanol–water partition coefficient (Wildman–Crippen LogP) is 3.94. The number of urea groups is 1. The molecule has 1 aromatic rings. The molecule has 1 aromatic carbocycles. The third-order valence-electron chi connectivity index (χ3n) is 7.08. The largest absolute Gasteiger partial charge is 0.352 e. The fourth-order valence-electron chi connectivity index (χ4n) is 5.06. The molecule has 1 aliphatic rings. The smallest absolute Gasteiger partial charge is 0.312 e. The zero-order valence-corrected chi connectivity index (χ0v) is 24.0. The van der Waals surface area contributed by atoms with E-state index < -0.39 is 12.1 Å². The highest BCUT2D eigenvalue weighted by Crippen LogP contribution is 2.44. The normalized spacial score (nSPS) is 18.2. The maximum absolute atomic E-state index is 13.6. The topological polar surface area (TPSA) is 149 Å². The molecule has 4 amide bonds. The fourth-order valence-corrected chi connectivity index (χ4v) is 5.06. The Bertz CT molecular complexity index is 950. The molecule has 2 unspecified atom stereocenters. The molecule has 10 heteroatoms. The molecular weight excluding hydrogens is 500 g/mol. The van der Waals surface area contributed by atoms with Gasteiger partial charge < -0.3 is 21.7 Å². The lowest BCUT2D eigenvalue weighted by Crippen LogP contribution is -2.51. The van der Waals surface area contributed by atoms with Crippen molar-refractivity contribution in [2.45, 2.75) is 79.4 Å². The summed E-state index contributed by atoms with van der Waals surface area (Å²) in [7, 11) is 0. The molecule has 0 heterocycles. The van der Waals surface area contributed by atoms with Crippen molar-refractivity contribution in [3.05, 3.63) is 29.8 Å². The molecule has 10 nitrogen and oxygen atoms in total. The van der Waals surface area contributed by atoms with E-state index in [4.69, 9.17) is 15.5 Å². The van der Waals surface area contributed by atoms with Gasteiger partial charge in [-0.3, -0.25) is 14.4 Å². The predicted molar refractivity (Wildman–Crippen MR) is 149 cm³/mol. The number of hydrogen-bond acceptors (Lipinski definition) is 6. The van der Waals surface area contributed by atoms with Gasteiger partial charge >= 0.3 is 6.03 Å². The Morgan fingerprint density at radius 2 is 1.69 bits per heavy atom. The minimum atomic E-state index is -0.820. The number of primary amides is 1. The van der Waals surface area contributed by atoms with Crippen molar-refractivity contribution in [3.8, 4) is 0 Å². The highest BCUT2D eigenvalue weighted by Gasteiger charge is 2.45. The first kappa shape index (κ1) is 32.2. The summed E-state index contributed by atoms with van der Waals surface area (Å²) in [5.41, 5.74) is 6.61. The van der Waals surface area contributed by atoms with Crippen molar-refractivity contribution >= 4 is 29.3 Å². The van der Waals surface area contributed by atoms with Crippen molar-refractivity contribution < 1.29 is 29.0 Å². The van der Waals surface area contributed by atoms with Gasteiger partial charge in [0.2, 0.25) is 11.8 Å². The van der Waals surface area contributed by atoms with Gasteiger partial charge in [-0.25, -0.2) is 14.6 Å². The van der Waals surface area contributed by atoms with Gasteiger partial charge in [0.1, 0.15) is 18.4 Å². The van der Waals surface area contributed by atoms with E-state index in [0.29, 0.717) is 31.6 Å². The van der Waals surface area contributed by atoms with Crippen LogP contribution in [0.25, 0.3) is 0 Å². The lowest BCUT2D eigenvalue weighted by atomic mass is 9.61. The van der Waals surface area contributed by atoms with E-state index in [2.05, 4.69) is 16.0 Å². The Kier molecular flexibility index (Phi) is 13.4. The van der Waals surface area contributed by atoms with Crippen LogP contribution in [0.5, 0.6) is 0 Å². The van der Waals surface area contributed by atoms with Crippen LogP contribution in [-0.2, 0) is 30.8 Å². The van der Waals surface area contributed by atoms with Gasteiger partial charge in [-0.2, -0.15) is 0 Å². The van der Waals surface area contributed by atoms with Crippen LogP contribution < -0.4 is 21.7 Å². The van der Waals surface area contributed by atoms with Crippen molar-refractivity contribution in [2.75, 3.05) is 18.5 Å². The summed E-state index contributed by atoms with van der Waals surface area (Å²) >= 11 is 0. The highest BCUT2D eigenvalue weighted by molar-refractivity contribution is 5.97. The molecule has 1 saturated carbocycles. The van der Waals surface area contributed by atoms with Gasteiger partial charge in [0.15, 0.2) is 0 Å². The van der Waals surface area contributed by atoms with Gasteiger partial charge in [-0.1, -0.05) is 39.8 Å². The summed E-state index contributed by atoms with van der Waals surface area (Å²) in [4.78, 5) is 60.7. The zero-order valence-electron chi connectivity index (χ0n) is 24.0. The minimum Gasteiger partial charge on any atom is -0.352 e. The molecular formula is C29H46N4O6.